The highest BCUT2D eigenvalue weighted by molar-refractivity contribution is 5.67. The van der Waals surface area contributed by atoms with Crippen molar-refractivity contribution in [2.24, 2.45) is 7.05 Å². The van der Waals surface area contributed by atoms with Crippen molar-refractivity contribution in [1.82, 2.24) is 24.4 Å². The zero-order valence-corrected chi connectivity index (χ0v) is 9.12. The molecule has 0 atom stereocenters. The Hall–Kier alpha value is -2.17. The Balaban J connectivity index is 2.21. The lowest BCUT2D eigenvalue weighted by Gasteiger charge is -2.00. The Kier molecular flexibility index (Phi) is 1.80. The van der Waals surface area contributed by atoms with Gasteiger partial charge in [-0.05, 0) is 13.0 Å². The van der Waals surface area contributed by atoms with Gasteiger partial charge in [0.05, 0.1) is 12.4 Å². The summed E-state index contributed by atoms with van der Waals surface area (Å²) in [7, 11) is 1.93. The Morgan fingerprint density at radius 3 is 2.81 bits per heavy atom. The van der Waals surface area contributed by atoms with E-state index >= 15 is 0 Å². The molecule has 3 heterocycles. The molecule has 0 amide bonds. The van der Waals surface area contributed by atoms with E-state index in [9.17, 15) is 0 Å². The van der Waals surface area contributed by atoms with Crippen molar-refractivity contribution in [2.75, 3.05) is 0 Å². The normalized spacial score (nSPS) is 11.1. The molecule has 16 heavy (non-hydrogen) atoms. The average Bonchev–Trinajstić information content (AvgIpc) is 2.86. The smallest absolute Gasteiger partial charge is 0.154 e. The summed E-state index contributed by atoms with van der Waals surface area (Å²) in [6, 6.07) is 2.01. The molecule has 5 heteroatoms. The van der Waals surface area contributed by atoms with Crippen LogP contribution in [0.1, 0.15) is 5.69 Å². The third kappa shape index (κ3) is 1.21. The van der Waals surface area contributed by atoms with Crippen molar-refractivity contribution in [3.8, 4) is 11.1 Å². The van der Waals surface area contributed by atoms with E-state index in [-0.39, 0.29) is 0 Å². The number of fused-ring (bicyclic) bond motifs is 1. The predicted molar refractivity (Wildman–Crippen MR) is 59.9 cm³/mol. The fourth-order valence-corrected chi connectivity index (χ4v) is 1.74. The zero-order chi connectivity index (χ0) is 11.1. The van der Waals surface area contributed by atoms with Crippen LogP contribution in [0.25, 0.3) is 16.8 Å². The molecule has 3 aromatic rings. The highest BCUT2D eigenvalue weighted by Crippen LogP contribution is 2.22. The van der Waals surface area contributed by atoms with Gasteiger partial charge < -0.3 is 0 Å². The summed E-state index contributed by atoms with van der Waals surface area (Å²) in [5, 5.41) is 8.51. The quantitative estimate of drug-likeness (QED) is 0.614. The van der Waals surface area contributed by atoms with Crippen molar-refractivity contribution < 1.29 is 0 Å². The Morgan fingerprint density at radius 1 is 1.19 bits per heavy atom. The van der Waals surface area contributed by atoms with Crippen LogP contribution in [0.15, 0.2) is 30.9 Å². The lowest BCUT2D eigenvalue weighted by atomic mass is 10.1. The summed E-state index contributed by atoms with van der Waals surface area (Å²) in [6.45, 7) is 2.04. The van der Waals surface area contributed by atoms with Crippen molar-refractivity contribution in [1.29, 1.82) is 0 Å². The number of hydrogen-bond acceptors (Lipinski definition) is 3. The summed E-state index contributed by atoms with van der Waals surface area (Å²) in [5.41, 5.74) is 4.11. The van der Waals surface area contributed by atoms with E-state index in [1.807, 2.05) is 43.3 Å². The van der Waals surface area contributed by atoms with Gasteiger partial charge in [-0.25, -0.2) is 9.50 Å². The van der Waals surface area contributed by atoms with Gasteiger partial charge in [0.15, 0.2) is 5.65 Å². The molecule has 0 unspecified atom stereocenters. The molecule has 0 saturated heterocycles. The summed E-state index contributed by atoms with van der Waals surface area (Å²) >= 11 is 0. The molecule has 0 N–H and O–H groups in total. The number of imidazole rings is 1. The van der Waals surface area contributed by atoms with E-state index in [0.717, 1.165) is 22.5 Å². The highest BCUT2D eigenvalue weighted by Gasteiger charge is 2.07. The van der Waals surface area contributed by atoms with E-state index in [1.54, 1.807) is 10.7 Å². The molecule has 80 valence electrons. The molecule has 0 fully saturated rings. The molecular formula is C11H11N5. The van der Waals surface area contributed by atoms with Crippen LogP contribution in [0, 0.1) is 6.92 Å². The molecule has 3 rings (SSSR count). The monoisotopic (exact) mass is 213 g/mol. The summed E-state index contributed by atoms with van der Waals surface area (Å²) < 4.78 is 3.60. The van der Waals surface area contributed by atoms with Crippen LogP contribution >= 0.6 is 0 Å². The second kappa shape index (κ2) is 3.16. The zero-order valence-electron chi connectivity index (χ0n) is 9.12. The van der Waals surface area contributed by atoms with Crippen molar-refractivity contribution in [3.63, 3.8) is 0 Å². The van der Waals surface area contributed by atoms with E-state index in [0.29, 0.717) is 0 Å². The maximum absolute atomic E-state index is 4.29. The summed E-state index contributed by atoms with van der Waals surface area (Å²) in [6.07, 6.45) is 7.25. The molecule has 0 aromatic carbocycles. The first kappa shape index (κ1) is 9.08. The number of aromatic nitrogens is 5. The molecule has 0 radical (unpaired) electrons. The van der Waals surface area contributed by atoms with Gasteiger partial charge in [-0.2, -0.15) is 10.2 Å². The maximum Gasteiger partial charge on any atom is 0.154 e. The third-order valence-electron chi connectivity index (χ3n) is 2.80. The molecule has 0 aliphatic heterocycles. The van der Waals surface area contributed by atoms with Gasteiger partial charge in [0.25, 0.3) is 0 Å². The Labute approximate surface area is 92.4 Å². The molecule has 5 nitrogen and oxygen atoms in total. The summed E-state index contributed by atoms with van der Waals surface area (Å²) in [4.78, 5) is 4.21. The van der Waals surface area contributed by atoms with Gasteiger partial charge in [0.1, 0.15) is 0 Å². The van der Waals surface area contributed by atoms with Crippen LogP contribution in [0.3, 0.4) is 0 Å². The molecule has 0 aliphatic carbocycles. The van der Waals surface area contributed by atoms with Crippen molar-refractivity contribution in [2.45, 2.75) is 6.92 Å². The van der Waals surface area contributed by atoms with E-state index in [2.05, 4.69) is 15.2 Å². The molecule has 0 saturated carbocycles. The second-order valence-electron chi connectivity index (χ2n) is 3.74. The molecule has 0 spiro atoms. The standard InChI is InChI=1S/C11H11N5/c1-8-10(7-13-15(8)2)9-5-11-12-3-4-16(11)14-6-9/h3-7H,1-2H3. The van der Waals surface area contributed by atoms with Gasteiger partial charge >= 0.3 is 0 Å². The van der Waals surface area contributed by atoms with E-state index in [1.165, 1.54) is 0 Å². The van der Waals surface area contributed by atoms with Crippen LogP contribution in [0.2, 0.25) is 0 Å². The fourth-order valence-electron chi connectivity index (χ4n) is 1.74. The first-order chi connectivity index (χ1) is 7.75. The van der Waals surface area contributed by atoms with Crippen LogP contribution in [-0.4, -0.2) is 24.4 Å². The molecule has 0 aliphatic rings. The van der Waals surface area contributed by atoms with Gasteiger partial charge in [-0.15, -0.1) is 0 Å². The van der Waals surface area contributed by atoms with Crippen molar-refractivity contribution >= 4 is 5.65 Å². The largest absolute Gasteiger partial charge is 0.272 e. The minimum Gasteiger partial charge on any atom is -0.272 e. The first-order valence-corrected chi connectivity index (χ1v) is 5.04. The molecule has 3 aromatic heterocycles. The second-order valence-corrected chi connectivity index (χ2v) is 3.74. The number of aryl methyl sites for hydroxylation is 1. The number of hydrogen-bond donors (Lipinski definition) is 0. The van der Waals surface area contributed by atoms with E-state index < -0.39 is 0 Å². The van der Waals surface area contributed by atoms with Crippen LogP contribution in [0.4, 0.5) is 0 Å². The maximum atomic E-state index is 4.29. The van der Waals surface area contributed by atoms with Gasteiger partial charge in [0, 0.05) is 36.3 Å². The summed E-state index contributed by atoms with van der Waals surface area (Å²) in [5.74, 6) is 0. The lowest BCUT2D eigenvalue weighted by molar-refractivity contribution is 0.740. The third-order valence-corrected chi connectivity index (χ3v) is 2.80. The van der Waals surface area contributed by atoms with Crippen LogP contribution in [-0.2, 0) is 7.05 Å². The minimum absolute atomic E-state index is 0.848. The Bertz CT molecular complexity index is 649. The van der Waals surface area contributed by atoms with Crippen LogP contribution < -0.4 is 0 Å². The first-order valence-electron chi connectivity index (χ1n) is 5.04. The van der Waals surface area contributed by atoms with Gasteiger partial charge in [-0.1, -0.05) is 0 Å². The fraction of sp³-hybridized carbons (Fsp3) is 0.182. The highest BCUT2D eigenvalue weighted by atomic mass is 15.3. The lowest BCUT2D eigenvalue weighted by Crippen LogP contribution is -1.94. The number of nitrogens with zero attached hydrogens (tertiary/aromatic N) is 5. The predicted octanol–water partition coefficient (Wildman–Crippen LogP) is 1.44. The molecular weight excluding hydrogens is 202 g/mol. The topological polar surface area (TPSA) is 48.0 Å². The van der Waals surface area contributed by atoms with E-state index in [4.69, 9.17) is 0 Å². The minimum atomic E-state index is 0.848. The van der Waals surface area contributed by atoms with Gasteiger partial charge in [0.2, 0.25) is 0 Å². The van der Waals surface area contributed by atoms with Crippen molar-refractivity contribution in [3.05, 3.63) is 36.5 Å². The average molecular weight is 213 g/mol. The SMILES string of the molecule is Cc1c(-c2cnn3ccnc3c2)cnn1C. The van der Waals surface area contributed by atoms with Gasteiger partial charge in [-0.3, -0.25) is 4.68 Å². The van der Waals surface area contributed by atoms with Crippen LogP contribution in [0.5, 0.6) is 0 Å². The molecule has 0 bridgehead atoms. The number of rotatable bonds is 1. The Morgan fingerprint density at radius 2 is 2.06 bits per heavy atom.